The number of likely N-dealkylation sites (N-methyl/N-ethyl adjacent to an activating group) is 1. The monoisotopic (exact) mass is 378 g/mol. The van der Waals surface area contributed by atoms with Gasteiger partial charge in [-0.25, -0.2) is 4.98 Å². The summed E-state index contributed by atoms with van der Waals surface area (Å²) in [5, 5.41) is 8.21. The maximum Gasteiger partial charge on any atom is 0.234 e. The Morgan fingerprint density at radius 1 is 1.40 bits per heavy atom. The molecule has 1 amide bonds. The van der Waals surface area contributed by atoms with Crippen molar-refractivity contribution in [3.63, 3.8) is 0 Å². The van der Waals surface area contributed by atoms with E-state index in [4.69, 9.17) is 0 Å². The summed E-state index contributed by atoms with van der Waals surface area (Å²) < 4.78 is 0. The molecular weight excluding hydrogens is 352 g/mol. The lowest BCUT2D eigenvalue weighted by Gasteiger charge is -2.34. The number of aromatic nitrogens is 1. The van der Waals surface area contributed by atoms with E-state index in [9.17, 15) is 4.79 Å². The zero-order valence-corrected chi connectivity index (χ0v) is 16.5. The number of carbonyl (C=O) groups is 1. The molecule has 25 heavy (non-hydrogen) atoms. The molecule has 1 unspecified atom stereocenters. The van der Waals surface area contributed by atoms with Gasteiger partial charge in [0.15, 0.2) is 0 Å². The second-order valence-electron chi connectivity index (χ2n) is 6.72. The highest BCUT2D eigenvalue weighted by Crippen LogP contribution is 2.23. The Bertz CT molecular complexity index is 636. The third kappa shape index (κ3) is 5.34. The van der Waals surface area contributed by atoms with Crippen molar-refractivity contribution in [2.45, 2.75) is 31.3 Å². The van der Waals surface area contributed by atoms with Gasteiger partial charge in [0, 0.05) is 28.9 Å². The maximum absolute atomic E-state index is 12.6. The van der Waals surface area contributed by atoms with Crippen molar-refractivity contribution in [3.8, 4) is 0 Å². The van der Waals surface area contributed by atoms with Gasteiger partial charge in [0.25, 0.3) is 0 Å². The molecule has 2 aromatic heterocycles. The smallest absolute Gasteiger partial charge is 0.234 e. The van der Waals surface area contributed by atoms with Gasteiger partial charge in [0.05, 0.1) is 12.6 Å². The lowest BCUT2D eigenvalue weighted by atomic mass is 10.0. The molecule has 1 aliphatic heterocycles. The minimum absolute atomic E-state index is 0.0444. The number of amides is 1. The summed E-state index contributed by atoms with van der Waals surface area (Å²) in [5.41, 5.74) is 0. The summed E-state index contributed by atoms with van der Waals surface area (Å²) in [4.78, 5) is 22.8. The first-order valence-corrected chi connectivity index (χ1v) is 10.5. The number of thiophene rings is 1. The molecule has 1 N–H and O–H groups in total. The molecule has 0 radical (unpaired) electrons. The normalized spacial score (nSPS) is 17.7. The van der Waals surface area contributed by atoms with E-state index in [-0.39, 0.29) is 11.9 Å². The minimum atomic E-state index is -0.0444. The molecule has 0 aromatic carbocycles. The molecule has 3 heterocycles. The largest absolute Gasteiger partial charge is 0.345 e. The highest BCUT2D eigenvalue weighted by atomic mass is 32.1. The predicted octanol–water partition coefficient (Wildman–Crippen LogP) is 2.63. The molecule has 5 nitrogen and oxygen atoms in total. The van der Waals surface area contributed by atoms with Gasteiger partial charge in [0.2, 0.25) is 5.91 Å². The van der Waals surface area contributed by atoms with Crippen LogP contribution < -0.4 is 5.32 Å². The van der Waals surface area contributed by atoms with Crippen molar-refractivity contribution in [3.05, 3.63) is 39.0 Å². The first kappa shape index (κ1) is 18.5. The summed E-state index contributed by atoms with van der Waals surface area (Å²) >= 11 is 3.32. The first-order chi connectivity index (χ1) is 12.1. The van der Waals surface area contributed by atoms with Crippen LogP contribution in [0.25, 0.3) is 0 Å². The van der Waals surface area contributed by atoms with Crippen LogP contribution in [0.1, 0.15) is 28.8 Å². The van der Waals surface area contributed by atoms with E-state index in [1.54, 1.807) is 28.9 Å². The number of carbonyl (C=O) groups excluding carboxylic acids is 1. The van der Waals surface area contributed by atoms with E-state index in [1.807, 2.05) is 5.38 Å². The van der Waals surface area contributed by atoms with E-state index < -0.39 is 0 Å². The third-order valence-corrected chi connectivity index (χ3v) is 6.56. The fourth-order valence-corrected chi connectivity index (χ4v) is 4.71. The standard InChI is InChI=1S/C18H26N4OS2/c1-21-8-5-14(6-9-21)22(2)13-17(23)20-16(18-19-7-11-25-18)12-15-4-3-10-24-15/h3-4,7,10-11,14,16H,5-6,8-9,12-13H2,1-2H3,(H,20,23). The van der Waals surface area contributed by atoms with Crippen LogP contribution in [0.5, 0.6) is 0 Å². The molecular formula is C18H26N4OS2. The van der Waals surface area contributed by atoms with E-state index in [2.05, 4.69) is 51.7 Å². The number of nitrogens with zero attached hydrogens (tertiary/aromatic N) is 3. The van der Waals surface area contributed by atoms with Crippen LogP contribution in [0.2, 0.25) is 0 Å². The highest BCUT2D eigenvalue weighted by Gasteiger charge is 2.24. The van der Waals surface area contributed by atoms with Crippen molar-refractivity contribution >= 4 is 28.6 Å². The van der Waals surface area contributed by atoms with Crippen LogP contribution in [-0.2, 0) is 11.2 Å². The van der Waals surface area contributed by atoms with Crippen LogP contribution in [-0.4, -0.2) is 60.5 Å². The number of hydrogen-bond donors (Lipinski definition) is 1. The fourth-order valence-electron chi connectivity index (χ4n) is 3.27. The molecule has 2 aromatic rings. The van der Waals surface area contributed by atoms with Gasteiger partial charge in [-0.1, -0.05) is 6.07 Å². The van der Waals surface area contributed by atoms with Crippen molar-refractivity contribution < 1.29 is 4.79 Å². The third-order valence-electron chi connectivity index (χ3n) is 4.77. The van der Waals surface area contributed by atoms with Gasteiger partial charge < -0.3 is 10.2 Å². The van der Waals surface area contributed by atoms with Crippen molar-refractivity contribution in [1.29, 1.82) is 0 Å². The van der Waals surface area contributed by atoms with Gasteiger partial charge in [-0.2, -0.15) is 0 Å². The van der Waals surface area contributed by atoms with Crippen LogP contribution in [0.15, 0.2) is 29.1 Å². The number of nitrogens with one attached hydrogen (secondary N) is 1. The SMILES string of the molecule is CN1CCC(N(C)CC(=O)NC(Cc2cccs2)c2nccs2)CC1. The number of hydrogen-bond acceptors (Lipinski definition) is 6. The molecule has 136 valence electrons. The summed E-state index contributed by atoms with van der Waals surface area (Å²) in [6, 6.07) is 4.62. The molecule has 7 heteroatoms. The quantitative estimate of drug-likeness (QED) is 0.805. The summed E-state index contributed by atoms with van der Waals surface area (Å²) in [6.07, 6.45) is 4.86. The highest BCUT2D eigenvalue weighted by molar-refractivity contribution is 7.10. The van der Waals surface area contributed by atoms with Gasteiger partial charge in [-0.15, -0.1) is 22.7 Å². The summed E-state index contributed by atoms with van der Waals surface area (Å²) in [7, 11) is 4.22. The average molecular weight is 379 g/mol. The van der Waals surface area contributed by atoms with Crippen LogP contribution in [0.4, 0.5) is 0 Å². The number of thiazole rings is 1. The molecule has 0 aliphatic carbocycles. The molecule has 1 fully saturated rings. The molecule has 3 rings (SSSR count). The zero-order valence-electron chi connectivity index (χ0n) is 14.9. The Kier molecular flexibility index (Phi) is 6.58. The second kappa shape index (κ2) is 8.89. The topological polar surface area (TPSA) is 48.5 Å². The van der Waals surface area contributed by atoms with Crippen LogP contribution >= 0.6 is 22.7 Å². The molecule has 1 atom stereocenters. The van der Waals surface area contributed by atoms with Gasteiger partial charge >= 0.3 is 0 Å². The van der Waals surface area contributed by atoms with Crippen LogP contribution in [0.3, 0.4) is 0 Å². The van der Waals surface area contributed by atoms with Gasteiger partial charge in [0.1, 0.15) is 5.01 Å². The van der Waals surface area contributed by atoms with E-state index in [0.717, 1.165) is 37.4 Å². The predicted molar refractivity (Wildman–Crippen MR) is 104 cm³/mol. The van der Waals surface area contributed by atoms with Crippen molar-refractivity contribution in [2.24, 2.45) is 0 Å². The van der Waals surface area contributed by atoms with Gasteiger partial charge in [-0.3, -0.25) is 9.69 Å². The van der Waals surface area contributed by atoms with Crippen molar-refractivity contribution in [1.82, 2.24) is 20.1 Å². The zero-order chi connectivity index (χ0) is 17.6. The Morgan fingerprint density at radius 2 is 2.20 bits per heavy atom. The Labute approximate surface area is 157 Å². The Hall–Kier alpha value is -1.28. The number of piperidine rings is 1. The average Bonchev–Trinajstić information content (AvgIpc) is 3.28. The van der Waals surface area contributed by atoms with E-state index >= 15 is 0 Å². The van der Waals surface area contributed by atoms with E-state index in [0.29, 0.717) is 12.6 Å². The minimum Gasteiger partial charge on any atom is -0.345 e. The molecule has 1 aliphatic rings. The fraction of sp³-hybridized carbons (Fsp3) is 0.556. The molecule has 1 saturated heterocycles. The van der Waals surface area contributed by atoms with E-state index in [1.165, 1.54) is 4.88 Å². The Morgan fingerprint density at radius 3 is 2.84 bits per heavy atom. The molecule has 0 spiro atoms. The summed E-state index contributed by atoms with van der Waals surface area (Å²) in [6.45, 7) is 2.66. The first-order valence-electron chi connectivity index (χ1n) is 8.71. The summed E-state index contributed by atoms with van der Waals surface area (Å²) in [5.74, 6) is 0.0817. The second-order valence-corrected chi connectivity index (χ2v) is 8.68. The van der Waals surface area contributed by atoms with Crippen molar-refractivity contribution in [2.75, 3.05) is 33.7 Å². The van der Waals surface area contributed by atoms with Crippen LogP contribution in [0, 0.1) is 0 Å². The Balaban J connectivity index is 1.56. The maximum atomic E-state index is 12.6. The lowest BCUT2D eigenvalue weighted by molar-refractivity contribution is -0.123. The molecule has 0 saturated carbocycles. The number of likely N-dealkylation sites (tertiary alicyclic amines) is 1. The molecule has 0 bridgehead atoms. The lowest BCUT2D eigenvalue weighted by Crippen LogP contribution is -2.46. The number of rotatable bonds is 7. The van der Waals surface area contributed by atoms with Gasteiger partial charge in [-0.05, 0) is 51.5 Å².